The van der Waals surface area contributed by atoms with Gasteiger partial charge in [0.05, 0.1) is 0 Å². The van der Waals surface area contributed by atoms with Gasteiger partial charge >= 0.3 is 0 Å². The van der Waals surface area contributed by atoms with E-state index in [1.807, 2.05) is 40.1 Å². The molecule has 26 heavy (non-hydrogen) atoms. The van der Waals surface area contributed by atoms with Crippen LogP contribution in [-0.2, 0) is 11.2 Å². The SMILES string of the molecule is O=C1CCCN1c1ccc(C(=O)N2CCCC2Cc2ccccc2)cc1. The zero-order valence-electron chi connectivity index (χ0n) is 14.9. The fourth-order valence-corrected chi connectivity index (χ4v) is 4.07. The Morgan fingerprint density at radius 3 is 2.42 bits per heavy atom. The molecular formula is C22H24N2O2. The molecule has 2 aromatic rings. The van der Waals surface area contributed by atoms with Crippen LogP contribution in [0.3, 0.4) is 0 Å². The molecule has 2 fully saturated rings. The number of likely N-dealkylation sites (tertiary alicyclic amines) is 1. The lowest BCUT2D eigenvalue weighted by Gasteiger charge is -2.25. The molecule has 0 radical (unpaired) electrons. The first-order chi connectivity index (χ1) is 12.7. The molecule has 4 heteroatoms. The van der Waals surface area contributed by atoms with E-state index in [4.69, 9.17) is 0 Å². The molecule has 4 rings (SSSR count). The zero-order valence-corrected chi connectivity index (χ0v) is 14.9. The van der Waals surface area contributed by atoms with Gasteiger partial charge in [-0.15, -0.1) is 0 Å². The van der Waals surface area contributed by atoms with Crippen LogP contribution in [0.2, 0.25) is 0 Å². The van der Waals surface area contributed by atoms with Crippen LogP contribution in [0.4, 0.5) is 5.69 Å². The van der Waals surface area contributed by atoms with E-state index in [2.05, 4.69) is 24.3 Å². The van der Waals surface area contributed by atoms with Crippen molar-refractivity contribution in [3.63, 3.8) is 0 Å². The lowest BCUT2D eigenvalue weighted by atomic mass is 10.0. The minimum atomic E-state index is 0.0997. The third-order valence-corrected chi connectivity index (χ3v) is 5.45. The average Bonchev–Trinajstić information content (AvgIpc) is 3.31. The first kappa shape index (κ1) is 16.8. The van der Waals surface area contributed by atoms with Crippen molar-refractivity contribution < 1.29 is 9.59 Å². The fourth-order valence-electron chi connectivity index (χ4n) is 4.07. The van der Waals surface area contributed by atoms with E-state index >= 15 is 0 Å². The second kappa shape index (κ2) is 7.32. The number of carbonyl (C=O) groups excluding carboxylic acids is 2. The Bertz CT molecular complexity index is 786. The molecular weight excluding hydrogens is 324 g/mol. The van der Waals surface area contributed by atoms with Gasteiger partial charge < -0.3 is 9.80 Å². The predicted octanol–water partition coefficient (Wildman–Crippen LogP) is 3.66. The third-order valence-electron chi connectivity index (χ3n) is 5.45. The third kappa shape index (κ3) is 3.36. The first-order valence-corrected chi connectivity index (χ1v) is 9.48. The summed E-state index contributed by atoms with van der Waals surface area (Å²) < 4.78 is 0. The van der Waals surface area contributed by atoms with Crippen molar-refractivity contribution in [2.24, 2.45) is 0 Å². The number of amides is 2. The summed E-state index contributed by atoms with van der Waals surface area (Å²) in [7, 11) is 0. The molecule has 2 aliphatic heterocycles. The summed E-state index contributed by atoms with van der Waals surface area (Å²) in [5.41, 5.74) is 2.88. The van der Waals surface area contributed by atoms with Crippen LogP contribution in [0.1, 0.15) is 41.6 Å². The van der Waals surface area contributed by atoms with Crippen LogP contribution in [-0.4, -0.2) is 35.8 Å². The van der Waals surface area contributed by atoms with E-state index in [9.17, 15) is 9.59 Å². The second-order valence-electron chi connectivity index (χ2n) is 7.18. The topological polar surface area (TPSA) is 40.6 Å². The molecule has 134 valence electrons. The maximum atomic E-state index is 13.0. The highest BCUT2D eigenvalue weighted by Gasteiger charge is 2.29. The smallest absolute Gasteiger partial charge is 0.254 e. The molecule has 2 saturated heterocycles. The summed E-state index contributed by atoms with van der Waals surface area (Å²) >= 11 is 0. The van der Waals surface area contributed by atoms with Crippen molar-refractivity contribution in [1.82, 2.24) is 4.90 Å². The van der Waals surface area contributed by atoms with Crippen LogP contribution in [0.5, 0.6) is 0 Å². The highest BCUT2D eigenvalue weighted by Crippen LogP contribution is 2.25. The van der Waals surface area contributed by atoms with E-state index < -0.39 is 0 Å². The molecule has 2 aromatic carbocycles. The summed E-state index contributed by atoms with van der Waals surface area (Å²) in [5, 5.41) is 0. The Labute approximate surface area is 154 Å². The predicted molar refractivity (Wildman–Crippen MR) is 102 cm³/mol. The molecule has 1 atom stereocenters. The molecule has 4 nitrogen and oxygen atoms in total. The maximum Gasteiger partial charge on any atom is 0.254 e. The van der Waals surface area contributed by atoms with E-state index in [1.165, 1.54) is 5.56 Å². The van der Waals surface area contributed by atoms with Crippen molar-refractivity contribution >= 4 is 17.5 Å². The van der Waals surface area contributed by atoms with Gasteiger partial charge in [-0.25, -0.2) is 0 Å². The Balaban J connectivity index is 1.47. The average molecular weight is 348 g/mol. The van der Waals surface area contributed by atoms with Gasteiger partial charge in [-0.3, -0.25) is 9.59 Å². The van der Waals surface area contributed by atoms with Gasteiger partial charge in [0.15, 0.2) is 0 Å². The summed E-state index contributed by atoms with van der Waals surface area (Å²) in [4.78, 5) is 28.7. The maximum absolute atomic E-state index is 13.0. The number of carbonyl (C=O) groups is 2. The monoisotopic (exact) mass is 348 g/mol. The normalized spacial score (nSPS) is 20.0. The highest BCUT2D eigenvalue weighted by molar-refractivity contribution is 5.97. The van der Waals surface area contributed by atoms with E-state index in [1.54, 1.807) is 0 Å². The molecule has 0 aromatic heterocycles. The zero-order chi connectivity index (χ0) is 17.9. The van der Waals surface area contributed by atoms with Crippen molar-refractivity contribution in [2.75, 3.05) is 18.0 Å². The number of nitrogens with zero attached hydrogens (tertiary/aromatic N) is 2. The fraction of sp³-hybridized carbons (Fsp3) is 0.364. The Kier molecular flexibility index (Phi) is 4.74. The Morgan fingerprint density at radius 2 is 1.73 bits per heavy atom. The van der Waals surface area contributed by atoms with Crippen LogP contribution < -0.4 is 4.90 Å². The summed E-state index contributed by atoms with van der Waals surface area (Å²) in [5.74, 6) is 0.272. The standard InChI is InChI=1S/C22H24N2O2/c25-21-9-5-14-23(21)19-12-10-18(11-13-19)22(26)24-15-4-8-20(24)16-17-6-2-1-3-7-17/h1-3,6-7,10-13,20H,4-5,8-9,14-16H2. The molecule has 0 spiro atoms. The van der Waals surface area contributed by atoms with Gasteiger partial charge in [0, 0.05) is 36.8 Å². The summed E-state index contributed by atoms with van der Waals surface area (Å²) in [6.07, 6.45) is 4.56. The number of benzene rings is 2. The van der Waals surface area contributed by atoms with Gasteiger partial charge in [-0.05, 0) is 55.5 Å². The molecule has 0 saturated carbocycles. The highest BCUT2D eigenvalue weighted by atomic mass is 16.2. The summed E-state index contributed by atoms with van der Waals surface area (Å²) in [6.45, 7) is 1.60. The molecule has 0 N–H and O–H groups in total. The van der Waals surface area contributed by atoms with Gasteiger partial charge in [0.2, 0.25) is 5.91 Å². The lowest BCUT2D eigenvalue weighted by molar-refractivity contribution is -0.117. The van der Waals surface area contributed by atoms with Crippen molar-refractivity contribution in [1.29, 1.82) is 0 Å². The van der Waals surface area contributed by atoms with Crippen molar-refractivity contribution in [3.05, 3.63) is 65.7 Å². The van der Waals surface area contributed by atoms with Gasteiger partial charge in [-0.2, -0.15) is 0 Å². The minimum absolute atomic E-state index is 0.0997. The Hall–Kier alpha value is -2.62. The number of anilines is 1. The number of hydrogen-bond donors (Lipinski definition) is 0. The molecule has 1 unspecified atom stereocenters. The summed E-state index contributed by atoms with van der Waals surface area (Å²) in [6, 6.07) is 18.2. The van der Waals surface area contributed by atoms with E-state index in [0.717, 1.165) is 44.5 Å². The largest absolute Gasteiger partial charge is 0.335 e. The molecule has 0 bridgehead atoms. The molecule has 2 heterocycles. The molecule has 0 aliphatic carbocycles. The lowest BCUT2D eigenvalue weighted by Crippen LogP contribution is -2.36. The van der Waals surface area contributed by atoms with E-state index in [-0.39, 0.29) is 17.9 Å². The number of hydrogen-bond acceptors (Lipinski definition) is 2. The molecule has 2 amide bonds. The van der Waals surface area contributed by atoms with Crippen molar-refractivity contribution in [3.8, 4) is 0 Å². The van der Waals surface area contributed by atoms with Crippen molar-refractivity contribution in [2.45, 2.75) is 38.1 Å². The molecule has 2 aliphatic rings. The van der Waals surface area contributed by atoms with Gasteiger partial charge in [-0.1, -0.05) is 30.3 Å². The number of rotatable bonds is 4. The van der Waals surface area contributed by atoms with Gasteiger partial charge in [0.1, 0.15) is 0 Å². The van der Waals surface area contributed by atoms with Crippen LogP contribution >= 0.6 is 0 Å². The Morgan fingerprint density at radius 1 is 0.962 bits per heavy atom. The quantitative estimate of drug-likeness (QED) is 0.846. The first-order valence-electron chi connectivity index (χ1n) is 9.48. The van der Waals surface area contributed by atoms with Crippen LogP contribution in [0.15, 0.2) is 54.6 Å². The minimum Gasteiger partial charge on any atom is -0.335 e. The van der Waals surface area contributed by atoms with Crippen LogP contribution in [0.25, 0.3) is 0 Å². The van der Waals surface area contributed by atoms with E-state index in [0.29, 0.717) is 12.0 Å². The second-order valence-corrected chi connectivity index (χ2v) is 7.18. The van der Waals surface area contributed by atoms with Crippen LogP contribution in [0, 0.1) is 0 Å². The van der Waals surface area contributed by atoms with Gasteiger partial charge in [0.25, 0.3) is 5.91 Å².